The summed E-state index contributed by atoms with van der Waals surface area (Å²) >= 11 is 0. The molecule has 4 rings (SSSR count). The van der Waals surface area contributed by atoms with Crippen molar-refractivity contribution >= 4 is 11.5 Å². The van der Waals surface area contributed by atoms with Gasteiger partial charge in [0.2, 0.25) is 0 Å². The van der Waals surface area contributed by atoms with Crippen LogP contribution in [-0.4, -0.2) is 19.4 Å². The van der Waals surface area contributed by atoms with E-state index in [1.54, 1.807) is 12.4 Å². The van der Waals surface area contributed by atoms with Gasteiger partial charge in [-0.2, -0.15) is 0 Å². The summed E-state index contributed by atoms with van der Waals surface area (Å²) in [4.78, 5) is 13.4. The number of rotatable bonds is 4. The summed E-state index contributed by atoms with van der Waals surface area (Å²) in [6, 6.07) is 16.3. The molecule has 0 fully saturated rings. The first kappa shape index (κ1) is 14.4. The zero-order chi connectivity index (χ0) is 16.4. The maximum Gasteiger partial charge on any atom is 0.145 e. The minimum absolute atomic E-state index is 0.151. The second-order valence-corrected chi connectivity index (χ2v) is 5.64. The van der Waals surface area contributed by atoms with E-state index >= 15 is 0 Å². The molecule has 0 saturated heterocycles. The van der Waals surface area contributed by atoms with Gasteiger partial charge in [-0.15, -0.1) is 0 Å². The van der Waals surface area contributed by atoms with Crippen molar-refractivity contribution in [3.63, 3.8) is 0 Å². The van der Waals surface area contributed by atoms with Gasteiger partial charge in [-0.25, -0.2) is 9.97 Å². The van der Waals surface area contributed by atoms with Gasteiger partial charge in [0.25, 0.3) is 0 Å². The van der Waals surface area contributed by atoms with E-state index in [4.69, 9.17) is 4.98 Å². The lowest BCUT2D eigenvalue weighted by atomic mass is 10.1. The number of hydrogen-bond acceptors (Lipinski definition) is 4. The van der Waals surface area contributed by atoms with Crippen LogP contribution in [0.25, 0.3) is 17.0 Å². The molecular formula is C19H17N5. The highest BCUT2D eigenvalue weighted by Crippen LogP contribution is 2.21. The molecule has 0 aliphatic carbocycles. The van der Waals surface area contributed by atoms with Crippen LogP contribution in [0, 0.1) is 0 Å². The molecule has 0 aliphatic rings. The molecule has 0 spiro atoms. The zero-order valence-electron chi connectivity index (χ0n) is 13.3. The van der Waals surface area contributed by atoms with Crippen molar-refractivity contribution < 1.29 is 0 Å². The van der Waals surface area contributed by atoms with Crippen LogP contribution < -0.4 is 5.32 Å². The maximum atomic E-state index is 4.70. The number of benzene rings is 1. The van der Waals surface area contributed by atoms with Gasteiger partial charge < -0.3 is 5.32 Å². The summed E-state index contributed by atoms with van der Waals surface area (Å²) in [5.41, 5.74) is 3.82. The van der Waals surface area contributed by atoms with Gasteiger partial charge in [-0.1, -0.05) is 36.4 Å². The molecule has 1 atom stereocenters. The predicted octanol–water partition coefficient (Wildman–Crippen LogP) is 3.96. The Kier molecular flexibility index (Phi) is 3.67. The Bertz CT molecular complexity index is 962. The van der Waals surface area contributed by atoms with Crippen LogP contribution in [0.4, 0.5) is 5.82 Å². The summed E-state index contributed by atoms with van der Waals surface area (Å²) in [5, 5.41) is 3.41. The van der Waals surface area contributed by atoms with Crippen LogP contribution in [0.3, 0.4) is 0 Å². The van der Waals surface area contributed by atoms with Crippen molar-refractivity contribution in [3.8, 4) is 11.4 Å². The first-order valence-electron chi connectivity index (χ1n) is 7.87. The number of imidazole rings is 1. The van der Waals surface area contributed by atoms with Crippen molar-refractivity contribution in [2.24, 2.45) is 0 Å². The SMILES string of the molecule is CC(Nc1cncc(-c2cnc3ccccn23)n1)c1ccccc1. The standard InChI is InChI=1S/C19H17N5/c1-14(15-7-3-2-4-8-15)22-18-13-20-11-16(23-18)17-12-21-19-9-5-6-10-24(17)19/h2-14H,1H3,(H,22,23). The van der Waals surface area contributed by atoms with E-state index in [-0.39, 0.29) is 6.04 Å². The quantitative estimate of drug-likeness (QED) is 0.619. The molecule has 1 unspecified atom stereocenters. The number of hydrogen-bond donors (Lipinski definition) is 1. The Labute approximate surface area is 140 Å². The van der Waals surface area contributed by atoms with Crippen molar-refractivity contribution in [2.75, 3.05) is 5.32 Å². The van der Waals surface area contributed by atoms with Gasteiger partial charge >= 0.3 is 0 Å². The first-order valence-corrected chi connectivity index (χ1v) is 7.87. The van der Waals surface area contributed by atoms with Gasteiger partial charge in [0, 0.05) is 12.2 Å². The fourth-order valence-corrected chi connectivity index (χ4v) is 2.73. The van der Waals surface area contributed by atoms with E-state index in [0.29, 0.717) is 0 Å². The minimum Gasteiger partial charge on any atom is -0.362 e. The summed E-state index contributed by atoms with van der Waals surface area (Å²) in [5.74, 6) is 0.745. The number of nitrogens with one attached hydrogen (secondary N) is 1. The molecule has 1 aromatic carbocycles. The third-order valence-electron chi connectivity index (χ3n) is 3.98. The third-order valence-corrected chi connectivity index (χ3v) is 3.98. The van der Waals surface area contributed by atoms with Gasteiger partial charge in [0.1, 0.15) is 17.2 Å². The second-order valence-electron chi connectivity index (χ2n) is 5.64. The Morgan fingerprint density at radius 3 is 2.67 bits per heavy atom. The highest BCUT2D eigenvalue weighted by Gasteiger charge is 2.10. The molecule has 0 aliphatic heterocycles. The zero-order valence-corrected chi connectivity index (χ0v) is 13.3. The molecule has 4 aromatic rings. The molecule has 0 amide bonds. The van der Waals surface area contributed by atoms with Crippen LogP contribution in [-0.2, 0) is 0 Å². The van der Waals surface area contributed by atoms with Crippen molar-refractivity contribution in [2.45, 2.75) is 13.0 Å². The largest absolute Gasteiger partial charge is 0.362 e. The molecule has 3 heterocycles. The van der Waals surface area contributed by atoms with Gasteiger partial charge in [-0.3, -0.25) is 9.38 Å². The van der Waals surface area contributed by atoms with E-state index in [1.807, 2.05) is 53.2 Å². The number of pyridine rings is 1. The smallest absolute Gasteiger partial charge is 0.145 e. The van der Waals surface area contributed by atoms with Crippen LogP contribution in [0.5, 0.6) is 0 Å². The van der Waals surface area contributed by atoms with E-state index < -0.39 is 0 Å². The number of aromatic nitrogens is 4. The second kappa shape index (κ2) is 6.12. The summed E-state index contributed by atoms with van der Waals surface area (Å²) < 4.78 is 2.01. The van der Waals surface area contributed by atoms with Crippen molar-refractivity contribution in [3.05, 3.63) is 78.9 Å². The fourth-order valence-electron chi connectivity index (χ4n) is 2.73. The number of fused-ring (bicyclic) bond motifs is 1. The lowest BCUT2D eigenvalue weighted by Crippen LogP contribution is -2.08. The van der Waals surface area contributed by atoms with Gasteiger partial charge in [0.05, 0.1) is 24.3 Å². The molecule has 118 valence electrons. The van der Waals surface area contributed by atoms with Crippen LogP contribution >= 0.6 is 0 Å². The Balaban J connectivity index is 1.64. The lowest BCUT2D eigenvalue weighted by molar-refractivity contribution is 0.871. The van der Waals surface area contributed by atoms with E-state index in [0.717, 1.165) is 22.9 Å². The fraction of sp³-hybridized carbons (Fsp3) is 0.105. The van der Waals surface area contributed by atoms with Crippen LogP contribution in [0.1, 0.15) is 18.5 Å². The minimum atomic E-state index is 0.151. The highest BCUT2D eigenvalue weighted by atomic mass is 15.1. The van der Waals surface area contributed by atoms with E-state index in [1.165, 1.54) is 5.56 Å². The van der Waals surface area contributed by atoms with Crippen LogP contribution in [0.2, 0.25) is 0 Å². The first-order chi connectivity index (χ1) is 11.8. The number of nitrogens with zero attached hydrogens (tertiary/aromatic N) is 4. The lowest BCUT2D eigenvalue weighted by Gasteiger charge is -2.15. The van der Waals surface area contributed by atoms with Gasteiger partial charge in [0.15, 0.2) is 0 Å². The van der Waals surface area contributed by atoms with Crippen molar-refractivity contribution in [1.29, 1.82) is 0 Å². The number of anilines is 1. The monoisotopic (exact) mass is 315 g/mol. The van der Waals surface area contributed by atoms with E-state index in [9.17, 15) is 0 Å². The van der Waals surface area contributed by atoms with E-state index in [2.05, 4.69) is 34.3 Å². The molecular weight excluding hydrogens is 298 g/mol. The topological polar surface area (TPSA) is 55.1 Å². The summed E-state index contributed by atoms with van der Waals surface area (Å²) in [6.45, 7) is 2.11. The Morgan fingerprint density at radius 1 is 0.958 bits per heavy atom. The molecule has 24 heavy (non-hydrogen) atoms. The molecule has 5 nitrogen and oxygen atoms in total. The average molecular weight is 315 g/mol. The highest BCUT2D eigenvalue weighted by molar-refractivity contribution is 5.60. The maximum absolute atomic E-state index is 4.70. The molecule has 3 aromatic heterocycles. The van der Waals surface area contributed by atoms with Crippen molar-refractivity contribution in [1.82, 2.24) is 19.4 Å². The van der Waals surface area contributed by atoms with Gasteiger partial charge in [-0.05, 0) is 24.6 Å². The Morgan fingerprint density at radius 2 is 1.79 bits per heavy atom. The normalized spacial score (nSPS) is 12.2. The average Bonchev–Trinajstić information content (AvgIpc) is 3.07. The van der Waals surface area contributed by atoms with Crippen LogP contribution in [0.15, 0.2) is 73.3 Å². The molecule has 1 N–H and O–H groups in total. The predicted molar refractivity (Wildman–Crippen MR) is 94.7 cm³/mol. The molecule has 0 saturated carbocycles. The Hall–Kier alpha value is -3.21. The third kappa shape index (κ3) is 2.72. The molecule has 5 heteroatoms. The summed E-state index contributed by atoms with van der Waals surface area (Å²) in [6.07, 6.45) is 7.30. The summed E-state index contributed by atoms with van der Waals surface area (Å²) in [7, 11) is 0. The molecule has 0 bridgehead atoms. The molecule has 0 radical (unpaired) electrons.